The molecule has 0 radical (unpaired) electrons. The van der Waals surface area contributed by atoms with Crippen LogP contribution in [0.25, 0.3) is 11.1 Å². The van der Waals surface area contributed by atoms with Gasteiger partial charge >= 0.3 is 0 Å². The summed E-state index contributed by atoms with van der Waals surface area (Å²) < 4.78 is 12.6. The second-order valence-corrected chi connectivity index (χ2v) is 5.33. The standard InChI is InChI=1S/C16H20N4O2/c1-11-13(10-20(2)19-11)9-17-16-18-14-8-12(6-7-21-3)4-5-15(14)22-16/h4-5,8,10H,6-7,9H2,1-3H3,(H,17,18). The van der Waals surface area contributed by atoms with Crippen LogP contribution in [-0.4, -0.2) is 28.5 Å². The molecule has 0 atom stereocenters. The molecule has 0 saturated heterocycles. The zero-order valence-electron chi connectivity index (χ0n) is 13.1. The number of anilines is 1. The van der Waals surface area contributed by atoms with E-state index in [4.69, 9.17) is 9.15 Å². The predicted molar refractivity (Wildman–Crippen MR) is 84.9 cm³/mol. The van der Waals surface area contributed by atoms with Crippen molar-refractivity contribution >= 4 is 17.1 Å². The quantitative estimate of drug-likeness (QED) is 0.758. The largest absolute Gasteiger partial charge is 0.424 e. The van der Waals surface area contributed by atoms with Gasteiger partial charge in [0.1, 0.15) is 5.52 Å². The molecule has 2 heterocycles. The fraction of sp³-hybridized carbons (Fsp3) is 0.375. The molecule has 1 N–H and O–H groups in total. The van der Waals surface area contributed by atoms with Crippen molar-refractivity contribution in [1.82, 2.24) is 14.8 Å². The Morgan fingerprint density at radius 3 is 2.95 bits per heavy atom. The van der Waals surface area contributed by atoms with Crippen LogP contribution in [0.1, 0.15) is 16.8 Å². The SMILES string of the molecule is COCCc1ccc2oc(NCc3cn(C)nc3C)nc2c1. The summed E-state index contributed by atoms with van der Waals surface area (Å²) in [5, 5.41) is 7.53. The van der Waals surface area contributed by atoms with Gasteiger partial charge in [-0.1, -0.05) is 6.07 Å². The van der Waals surface area contributed by atoms with E-state index in [1.54, 1.807) is 11.8 Å². The van der Waals surface area contributed by atoms with E-state index < -0.39 is 0 Å². The number of hydrogen-bond acceptors (Lipinski definition) is 5. The number of ether oxygens (including phenoxy) is 1. The van der Waals surface area contributed by atoms with Gasteiger partial charge in [-0.15, -0.1) is 0 Å². The topological polar surface area (TPSA) is 65.1 Å². The summed E-state index contributed by atoms with van der Waals surface area (Å²) in [6.07, 6.45) is 2.87. The van der Waals surface area contributed by atoms with Crippen LogP contribution in [0.3, 0.4) is 0 Å². The molecule has 3 aromatic rings. The minimum Gasteiger partial charge on any atom is -0.424 e. The number of hydrogen-bond donors (Lipinski definition) is 1. The molecule has 0 aliphatic carbocycles. The van der Waals surface area contributed by atoms with Crippen molar-refractivity contribution in [2.45, 2.75) is 19.9 Å². The molecule has 0 saturated carbocycles. The highest BCUT2D eigenvalue weighted by Crippen LogP contribution is 2.21. The van der Waals surface area contributed by atoms with Gasteiger partial charge in [0.2, 0.25) is 0 Å². The highest BCUT2D eigenvalue weighted by molar-refractivity contribution is 5.75. The third kappa shape index (κ3) is 3.12. The third-order valence-corrected chi connectivity index (χ3v) is 3.59. The van der Waals surface area contributed by atoms with Crippen molar-refractivity contribution in [2.24, 2.45) is 7.05 Å². The van der Waals surface area contributed by atoms with Crippen LogP contribution in [-0.2, 0) is 24.8 Å². The summed E-state index contributed by atoms with van der Waals surface area (Å²) >= 11 is 0. The van der Waals surface area contributed by atoms with E-state index >= 15 is 0 Å². The fourth-order valence-electron chi connectivity index (χ4n) is 2.42. The van der Waals surface area contributed by atoms with Crippen molar-refractivity contribution in [2.75, 3.05) is 19.0 Å². The van der Waals surface area contributed by atoms with E-state index in [1.165, 1.54) is 5.56 Å². The van der Waals surface area contributed by atoms with E-state index in [0.717, 1.165) is 28.8 Å². The first kappa shape index (κ1) is 14.6. The number of nitrogens with zero attached hydrogens (tertiary/aromatic N) is 3. The Kier molecular flexibility index (Phi) is 4.11. The van der Waals surface area contributed by atoms with Gasteiger partial charge in [-0.2, -0.15) is 10.1 Å². The van der Waals surface area contributed by atoms with Crippen LogP contribution in [0.5, 0.6) is 0 Å². The van der Waals surface area contributed by atoms with Crippen molar-refractivity contribution in [3.05, 3.63) is 41.2 Å². The summed E-state index contributed by atoms with van der Waals surface area (Å²) in [4.78, 5) is 4.49. The zero-order chi connectivity index (χ0) is 15.5. The average Bonchev–Trinajstić information content (AvgIpc) is 3.04. The van der Waals surface area contributed by atoms with Gasteiger partial charge in [0.15, 0.2) is 5.58 Å². The van der Waals surface area contributed by atoms with Gasteiger partial charge in [-0.05, 0) is 31.0 Å². The number of aryl methyl sites for hydroxylation is 2. The maximum Gasteiger partial charge on any atom is 0.295 e. The van der Waals surface area contributed by atoms with Crippen LogP contribution in [0.2, 0.25) is 0 Å². The van der Waals surface area contributed by atoms with E-state index in [1.807, 2.05) is 38.4 Å². The maximum absolute atomic E-state index is 5.72. The van der Waals surface area contributed by atoms with E-state index in [9.17, 15) is 0 Å². The molecule has 0 amide bonds. The zero-order valence-corrected chi connectivity index (χ0v) is 13.1. The van der Waals surface area contributed by atoms with Crippen LogP contribution < -0.4 is 5.32 Å². The van der Waals surface area contributed by atoms with Gasteiger partial charge in [0.05, 0.1) is 12.3 Å². The second kappa shape index (κ2) is 6.19. The van der Waals surface area contributed by atoms with Gasteiger partial charge < -0.3 is 14.5 Å². The van der Waals surface area contributed by atoms with E-state index in [-0.39, 0.29) is 0 Å². The highest BCUT2D eigenvalue weighted by atomic mass is 16.5. The van der Waals surface area contributed by atoms with Crippen molar-refractivity contribution in [3.63, 3.8) is 0 Å². The van der Waals surface area contributed by atoms with Gasteiger partial charge in [-0.3, -0.25) is 4.68 Å². The lowest BCUT2D eigenvalue weighted by atomic mass is 10.1. The summed E-state index contributed by atoms with van der Waals surface area (Å²) in [5.74, 6) is 0. The third-order valence-electron chi connectivity index (χ3n) is 3.59. The first-order valence-corrected chi connectivity index (χ1v) is 7.27. The van der Waals surface area contributed by atoms with Gasteiger partial charge in [0.25, 0.3) is 6.01 Å². The number of rotatable bonds is 6. The smallest absolute Gasteiger partial charge is 0.295 e. The van der Waals surface area contributed by atoms with E-state index in [2.05, 4.69) is 15.4 Å². The molecule has 0 aliphatic heterocycles. The number of benzene rings is 1. The fourth-order valence-corrected chi connectivity index (χ4v) is 2.42. The minimum atomic E-state index is 0.530. The molecule has 0 fully saturated rings. The summed E-state index contributed by atoms with van der Waals surface area (Å²) in [5.41, 5.74) is 4.97. The van der Waals surface area contributed by atoms with E-state index in [0.29, 0.717) is 19.2 Å². The lowest BCUT2D eigenvalue weighted by molar-refractivity contribution is 0.202. The Morgan fingerprint density at radius 1 is 1.36 bits per heavy atom. The number of methoxy groups -OCH3 is 1. The molecule has 1 aromatic carbocycles. The van der Waals surface area contributed by atoms with Crippen LogP contribution in [0.4, 0.5) is 6.01 Å². The molecule has 3 rings (SSSR count). The molecule has 0 spiro atoms. The Bertz CT molecular complexity index is 776. The van der Waals surface area contributed by atoms with Crippen LogP contribution in [0.15, 0.2) is 28.8 Å². The monoisotopic (exact) mass is 300 g/mol. The number of aromatic nitrogens is 3. The van der Waals surface area contributed by atoms with Crippen LogP contribution in [0, 0.1) is 6.92 Å². The number of oxazole rings is 1. The van der Waals surface area contributed by atoms with Gasteiger partial charge in [0, 0.05) is 32.5 Å². The van der Waals surface area contributed by atoms with Crippen molar-refractivity contribution < 1.29 is 9.15 Å². The van der Waals surface area contributed by atoms with Gasteiger partial charge in [-0.25, -0.2) is 0 Å². The molecule has 6 nitrogen and oxygen atoms in total. The molecular formula is C16H20N4O2. The molecule has 0 unspecified atom stereocenters. The molecule has 6 heteroatoms. The lowest BCUT2D eigenvalue weighted by Gasteiger charge is -1.98. The first-order valence-electron chi connectivity index (χ1n) is 7.27. The lowest BCUT2D eigenvalue weighted by Crippen LogP contribution is -1.99. The van der Waals surface area contributed by atoms with Crippen molar-refractivity contribution in [1.29, 1.82) is 0 Å². The number of fused-ring (bicyclic) bond motifs is 1. The minimum absolute atomic E-state index is 0.530. The Morgan fingerprint density at radius 2 is 2.23 bits per heavy atom. The Labute approximate surface area is 129 Å². The number of nitrogens with one attached hydrogen (secondary N) is 1. The highest BCUT2D eigenvalue weighted by Gasteiger charge is 2.08. The molecular weight excluding hydrogens is 280 g/mol. The molecule has 0 bridgehead atoms. The Balaban J connectivity index is 1.73. The second-order valence-electron chi connectivity index (χ2n) is 5.33. The average molecular weight is 300 g/mol. The first-order chi connectivity index (χ1) is 10.7. The summed E-state index contributed by atoms with van der Waals surface area (Å²) in [7, 11) is 3.62. The van der Waals surface area contributed by atoms with Crippen LogP contribution >= 0.6 is 0 Å². The Hall–Kier alpha value is -2.34. The summed E-state index contributed by atoms with van der Waals surface area (Å²) in [6.45, 7) is 3.34. The molecule has 116 valence electrons. The molecule has 2 aromatic heterocycles. The molecule has 0 aliphatic rings. The maximum atomic E-state index is 5.72. The summed E-state index contributed by atoms with van der Waals surface area (Å²) in [6, 6.07) is 6.57. The van der Waals surface area contributed by atoms with Crippen molar-refractivity contribution in [3.8, 4) is 0 Å². The molecule has 22 heavy (non-hydrogen) atoms. The predicted octanol–water partition coefficient (Wildman–Crippen LogP) is 2.67. The normalized spacial score (nSPS) is 11.2.